The van der Waals surface area contributed by atoms with E-state index in [-0.39, 0.29) is 12.0 Å². The van der Waals surface area contributed by atoms with E-state index in [1.807, 2.05) is 49.4 Å². The van der Waals surface area contributed by atoms with Crippen LogP contribution >= 0.6 is 23.2 Å². The minimum absolute atomic E-state index is 0.0984. The Balaban J connectivity index is 2.02. The van der Waals surface area contributed by atoms with Gasteiger partial charge in [-0.1, -0.05) is 35.3 Å². The smallest absolute Gasteiger partial charge is 0.306 e. The SMILES string of the molecule is CCOc1ccc(Cl)cc1C(c1cccc(Cl)c1)N1CCC(C(=O)O)CC1. The van der Waals surface area contributed by atoms with Crippen LogP contribution in [0.5, 0.6) is 5.75 Å². The summed E-state index contributed by atoms with van der Waals surface area (Å²) in [5, 5.41) is 10.6. The van der Waals surface area contributed by atoms with Crippen molar-refractivity contribution in [3.05, 3.63) is 63.6 Å². The Bertz CT molecular complexity index is 804. The molecule has 3 rings (SSSR count). The van der Waals surface area contributed by atoms with E-state index in [0.29, 0.717) is 42.6 Å². The summed E-state index contributed by atoms with van der Waals surface area (Å²) in [6, 6.07) is 13.3. The maximum absolute atomic E-state index is 11.3. The molecular weight excluding hydrogens is 385 g/mol. The van der Waals surface area contributed by atoms with Crippen LogP contribution in [0.25, 0.3) is 0 Å². The molecule has 2 aromatic carbocycles. The Morgan fingerprint density at radius 2 is 1.89 bits per heavy atom. The Kier molecular flexibility index (Phi) is 6.64. The van der Waals surface area contributed by atoms with Gasteiger partial charge in [-0.2, -0.15) is 0 Å². The lowest BCUT2D eigenvalue weighted by Gasteiger charge is -2.37. The molecule has 1 saturated heterocycles. The highest BCUT2D eigenvalue weighted by atomic mass is 35.5. The van der Waals surface area contributed by atoms with Gasteiger partial charge in [0.15, 0.2) is 0 Å². The minimum Gasteiger partial charge on any atom is -0.494 e. The summed E-state index contributed by atoms with van der Waals surface area (Å²) in [5.41, 5.74) is 2.01. The number of carboxylic acids is 1. The summed E-state index contributed by atoms with van der Waals surface area (Å²) in [6.45, 7) is 3.88. The summed E-state index contributed by atoms with van der Waals surface area (Å²) < 4.78 is 5.86. The Hall–Kier alpha value is -1.75. The van der Waals surface area contributed by atoms with Gasteiger partial charge in [-0.25, -0.2) is 0 Å². The fourth-order valence-electron chi connectivity index (χ4n) is 3.69. The van der Waals surface area contributed by atoms with Crippen molar-refractivity contribution < 1.29 is 14.6 Å². The molecule has 0 amide bonds. The molecule has 0 bridgehead atoms. The van der Waals surface area contributed by atoms with Crippen LogP contribution in [0.15, 0.2) is 42.5 Å². The van der Waals surface area contributed by atoms with Crippen LogP contribution in [0.2, 0.25) is 10.0 Å². The van der Waals surface area contributed by atoms with Gasteiger partial charge in [-0.05, 0) is 68.8 Å². The van der Waals surface area contributed by atoms with Gasteiger partial charge in [-0.15, -0.1) is 0 Å². The van der Waals surface area contributed by atoms with Crippen LogP contribution in [-0.2, 0) is 4.79 Å². The van der Waals surface area contributed by atoms with Crippen LogP contribution in [-0.4, -0.2) is 35.7 Å². The first-order valence-corrected chi connectivity index (χ1v) is 9.89. The number of rotatable bonds is 6. The van der Waals surface area contributed by atoms with E-state index in [1.54, 1.807) is 0 Å². The minimum atomic E-state index is -0.716. The lowest BCUT2D eigenvalue weighted by Crippen LogP contribution is -2.39. The third-order valence-electron chi connectivity index (χ3n) is 4.97. The van der Waals surface area contributed by atoms with E-state index in [0.717, 1.165) is 16.9 Å². The number of halogens is 2. The van der Waals surface area contributed by atoms with Crippen molar-refractivity contribution in [2.45, 2.75) is 25.8 Å². The zero-order valence-electron chi connectivity index (χ0n) is 15.2. The predicted octanol–water partition coefficient (Wildman–Crippen LogP) is 5.28. The van der Waals surface area contributed by atoms with Crippen LogP contribution in [0.4, 0.5) is 0 Å². The molecule has 0 spiro atoms. The lowest BCUT2D eigenvalue weighted by molar-refractivity contribution is -0.143. The quantitative estimate of drug-likeness (QED) is 0.707. The van der Waals surface area contributed by atoms with Gasteiger partial charge < -0.3 is 9.84 Å². The monoisotopic (exact) mass is 407 g/mol. The molecule has 6 heteroatoms. The molecule has 1 aliphatic heterocycles. The van der Waals surface area contributed by atoms with Crippen LogP contribution in [0, 0.1) is 5.92 Å². The molecule has 0 saturated carbocycles. The summed E-state index contributed by atoms with van der Waals surface area (Å²) >= 11 is 12.6. The van der Waals surface area contributed by atoms with Crippen LogP contribution < -0.4 is 4.74 Å². The molecule has 0 aromatic heterocycles. The number of hydrogen-bond donors (Lipinski definition) is 1. The number of ether oxygens (including phenoxy) is 1. The third-order valence-corrected chi connectivity index (χ3v) is 5.44. The Morgan fingerprint density at radius 3 is 2.52 bits per heavy atom. The van der Waals surface area contributed by atoms with Crippen molar-refractivity contribution in [2.75, 3.05) is 19.7 Å². The fourth-order valence-corrected chi connectivity index (χ4v) is 4.07. The van der Waals surface area contributed by atoms with E-state index < -0.39 is 5.97 Å². The molecule has 0 radical (unpaired) electrons. The summed E-state index contributed by atoms with van der Waals surface area (Å²) in [6.07, 6.45) is 1.24. The van der Waals surface area contributed by atoms with Gasteiger partial charge in [-0.3, -0.25) is 9.69 Å². The summed E-state index contributed by atoms with van der Waals surface area (Å²) in [5.74, 6) is -0.217. The average Bonchev–Trinajstić information content (AvgIpc) is 2.65. The fraction of sp³-hybridized carbons (Fsp3) is 0.381. The maximum Gasteiger partial charge on any atom is 0.306 e. The zero-order chi connectivity index (χ0) is 19.4. The average molecular weight is 408 g/mol. The normalized spacial score (nSPS) is 16.9. The lowest BCUT2D eigenvalue weighted by atomic mass is 9.91. The molecule has 1 N–H and O–H groups in total. The van der Waals surface area contributed by atoms with Gasteiger partial charge in [0.05, 0.1) is 18.6 Å². The number of piperidine rings is 1. The number of benzene rings is 2. The molecule has 0 aliphatic carbocycles. The van der Waals surface area contributed by atoms with E-state index in [1.165, 1.54) is 0 Å². The molecule has 2 aromatic rings. The van der Waals surface area contributed by atoms with Crippen molar-refractivity contribution in [3.63, 3.8) is 0 Å². The first-order chi connectivity index (χ1) is 13.0. The molecule has 144 valence electrons. The van der Waals surface area contributed by atoms with Gasteiger partial charge >= 0.3 is 5.97 Å². The molecule has 1 unspecified atom stereocenters. The number of carbonyl (C=O) groups is 1. The highest BCUT2D eigenvalue weighted by Crippen LogP contribution is 2.39. The molecular formula is C21H23Cl2NO3. The second kappa shape index (κ2) is 8.96. The van der Waals surface area contributed by atoms with Gasteiger partial charge in [0.25, 0.3) is 0 Å². The van der Waals surface area contributed by atoms with E-state index in [4.69, 9.17) is 27.9 Å². The summed E-state index contributed by atoms with van der Waals surface area (Å²) in [4.78, 5) is 13.6. The predicted molar refractivity (Wildman–Crippen MR) is 108 cm³/mol. The zero-order valence-corrected chi connectivity index (χ0v) is 16.7. The summed E-state index contributed by atoms with van der Waals surface area (Å²) in [7, 11) is 0. The first kappa shape index (κ1) is 20.0. The Labute approximate surface area is 169 Å². The van der Waals surface area contributed by atoms with Crippen molar-refractivity contribution >= 4 is 29.2 Å². The third kappa shape index (κ3) is 4.75. The van der Waals surface area contributed by atoms with E-state index in [2.05, 4.69) is 4.90 Å². The van der Waals surface area contributed by atoms with Gasteiger partial charge in [0, 0.05) is 15.6 Å². The molecule has 1 atom stereocenters. The standard InChI is InChI=1S/C21H23Cl2NO3/c1-2-27-19-7-6-17(23)13-18(19)20(15-4-3-5-16(22)12-15)24-10-8-14(9-11-24)21(25)26/h3-7,12-14,20H,2,8-11H2,1H3,(H,25,26). The second-order valence-corrected chi connectivity index (χ2v) is 7.59. The van der Waals surface area contributed by atoms with Gasteiger partial charge in [0.2, 0.25) is 0 Å². The molecule has 1 heterocycles. The number of likely N-dealkylation sites (tertiary alicyclic amines) is 1. The van der Waals surface area contributed by atoms with Gasteiger partial charge in [0.1, 0.15) is 5.75 Å². The van der Waals surface area contributed by atoms with Crippen LogP contribution in [0.1, 0.15) is 36.9 Å². The molecule has 4 nitrogen and oxygen atoms in total. The van der Waals surface area contributed by atoms with Crippen LogP contribution in [0.3, 0.4) is 0 Å². The van der Waals surface area contributed by atoms with Crippen molar-refractivity contribution in [1.82, 2.24) is 4.90 Å². The first-order valence-electron chi connectivity index (χ1n) is 9.14. The largest absolute Gasteiger partial charge is 0.494 e. The topological polar surface area (TPSA) is 49.8 Å². The van der Waals surface area contributed by atoms with E-state index in [9.17, 15) is 9.90 Å². The van der Waals surface area contributed by atoms with E-state index >= 15 is 0 Å². The van der Waals surface area contributed by atoms with Crippen molar-refractivity contribution in [2.24, 2.45) is 5.92 Å². The second-order valence-electron chi connectivity index (χ2n) is 6.72. The molecule has 1 aliphatic rings. The number of aliphatic carboxylic acids is 1. The van der Waals surface area contributed by atoms with Crippen molar-refractivity contribution in [3.8, 4) is 5.75 Å². The van der Waals surface area contributed by atoms with Crippen molar-refractivity contribution in [1.29, 1.82) is 0 Å². The number of nitrogens with zero attached hydrogens (tertiary/aromatic N) is 1. The molecule has 1 fully saturated rings. The number of hydrogen-bond acceptors (Lipinski definition) is 3. The number of carboxylic acid groups (broad SMARTS) is 1. The Morgan fingerprint density at radius 1 is 1.19 bits per heavy atom. The molecule has 27 heavy (non-hydrogen) atoms. The highest BCUT2D eigenvalue weighted by molar-refractivity contribution is 6.31. The highest BCUT2D eigenvalue weighted by Gasteiger charge is 2.31. The maximum atomic E-state index is 11.3.